The van der Waals surface area contributed by atoms with Gasteiger partial charge in [0.1, 0.15) is 0 Å². The van der Waals surface area contributed by atoms with E-state index in [4.69, 9.17) is 17.0 Å². The van der Waals surface area contributed by atoms with Crippen LogP contribution in [0.3, 0.4) is 0 Å². The summed E-state index contributed by atoms with van der Waals surface area (Å²) in [7, 11) is 0. The SMILES string of the molecule is CCOC(C)CNC(=S)NCC(C)C. The van der Waals surface area contributed by atoms with Crippen LogP contribution >= 0.6 is 12.2 Å². The van der Waals surface area contributed by atoms with Crippen LogP contribution in [-0.2, 0) is 4.74 Å². The highest BCUT2D eigenvalue weighted by atomic mass is 32.1. The maximum Gasteiger partial charge on any atom is 0.166 e. The molecule has 14 heavy (non-hydrogen) atoms. The molecule has 0 rings (SSSR count). The van der Waals surface area contributed by atoms with Gasteiger partial charge in [-0.3, -0.25) is 0 Å². The van der Waals surface area contributed by atoms with Gasteiger partial charge in [-0.15, -0.1) is 0 Å². The molecule has 1 unspecified atom stereocenters. The van der Waals surface area contributed by atoms with Gasteiger partial charge in [0.05, 0.1) is 6.10 Å². The third-order valence-electron chi connectivity index (χ3n) is 1.67. The van der Waals surface area contributed by atoms with Gasteiger partial charge in [0.2, 0.25) is 0 Å². The second kappa shape index (κ2) is 8.00. The fraction of sp³-hybridized carbons (Fsp3) is 0.900. The van der Waals surface area contributed by atoms with Gasteiger partial charge in [-0.25, -0.2) is 0 Å². The molecule has 0 amide bonds. The lowest BCUT2D eigenvalue weighted by molar-refractivity contribution is 0.0794. The fourth-order valence-electron chi connectivity index (χ4n) is 0.939. The van der Waals surface area contributed by atoms with Crippen molar-refractivity contribution >= 4 is 17.3 Å². The van der Waals surface area contributed by atoms with Crippen LogP contribution in [0, 0.1) is 5.92 Å². The van der Waals surface area contributed by atoms with Crippen LogP contribution < -0.4 is 10.6 Å². The van der Waals surface area contributed by atoms with Crippen LogP contribution in [0.4, 0.5) is 0 Å². The minimum atomic E-state index is 0.207. The van der Waals surface area contributed by atoms with Gasteiger partial charge in [-0.1, -0.05) is 13.8 Å². The highest BCUT2D eigenvalue weighted by Crippen LogP contribution is 1.89. The molecular weight excluding hydrogens is 196 g/mol. The van der Waals surface area contributed by atoms with Crippen molar-refractivity contribution < 1.29 is 4.74 Å². The average molecular weight is 218 g/mol. The summed E-state index contributed by atoms with van der Waals surface area (Å²) >= 11 is 5.10. The monoisotopic (exact) mass is 218 g/mol. The Balaban J connectivity index is 3.43. The first kappa shape index (κ1) is 13.7. The normalized spacial score (nSPS) is 12.6. The summed E-state index contributed by atoms with van der Waals surface area (Å²) in [5, 5.41) is 6.98. The third kappa shape index (κ3) is 8.26. The molecule has 0 aromatic rings. The quantitative estimate of drug-likeness (QED) is 0.663. The summed E-state index contributed by atoms with van der Waals surface area (Å²) < 4.78 is 5.37. The van der Waals surface area contributed by atoms with Crippen molar-refractivity contribution in [2.24, 2.45) is 5.92 Å². The van der Waals surface area contributed by atoms with E-state index >= 15 is 0 Å². The van der Waals surface area contributed by atoms with Crippen molar-refractivity contribution in [3.8, 4) is 0 Å². The minimum absolute atomic E-state index is 0.207. The smallest absolute Gasteiger partial charge is 0.166 e. The van der Waals surface area contributed by atoms with Crippen LogP contribution in [0.1, 0.15) is 27.7 Å². The van der Waals surface area contributed by atoms with Crippen LogP contribution in [0.2, 0.25) is 0 Å². The van der Waals surface area contributed by atoms with Gasteiger partial charge < -0.3 is 15.4 Å². The Kier molecular flexibility index (Phi) is 7.80. The Morgan fingerprint density at radius 1 is 1.21 bits per heavy atom. The van der Waals surface area contributed by atoms with E-state index < -0.39 is 0 Å². The predicted molar refractivity (Wildman–Crippen MR) is 64.5 cm³/mol. The van der Waals surface area contributed by atoms with Crippen molar-refractivity contribution in [1.29, 1.82) is 0 Å². The average Bonchev–Trinajstić information content (AvgIpc) is 2.12. The molecular formula is C10H22N2OS. The van der Waals surface area contributed by atoms with Crippen molar-refractivity contribution in [3.05, 3.63) is 0 Å². The molecule has 0 aliphatic heterocycles. The molecule has 1 atom stereocenters. The molecule has 0 saturated heterocycles. The molecule has 2 N–H and O–H groups in total. The lowest BCUT2D eigenvalue weighted by Gasteiger charge is -2.15. The number of ether oxygens (including phenoxy) is 1. The van der Waals surface area contributed by atoms with E-state index in [0.29, 0.717) is 11.0 Å². The lowest BCUT2D eigenvalue weighted by atomic mass is 10.2. The number of rotatable bonds is 6. The second-order valence-electron chi connectivity index (χ2n) is 3.75. The summed E-state index contributed by atoms with van der Waals surface area (Å²) in [4.78, 5) is 0. The van der Waals surface area contributed by atoms with Gasteiger partial charge >= 0.3 is 0 Å². The number of thiocarbonyl (C=S) groups is 1. The van der Waals surface area contributed by atoms with Gasteiger partial charge in [-0.2, -0.15) is 0 Å². The van der Waals surface area contributed by atoms with Crippen LogP contribution in [0.25, 0.3) is 0 Å². The molecule has 4 heteroatoms. The molecule has 3 nitrogen and oxygen atoms in total. The van der Waals surface area contributed by atoms with Crippen molar-refractivity contribution in [3.63, 3.8) is 0 Å². The molecule has 0 aromatic carbocycles. The van der Waals surface area contributed by atoms with Crippen LogP contribution in [0.5, 0.6) is 0 Å². The highest BCUT2D eigenvalue weighted by Gasteiger charge is 2.02. The summed E-state index contributed by atoms with van der Waals surface area (Å²) in [6.07, 6.45) is 0.207. The van der Waals surface area contributed by atoms with Crippen LogP contribution in [-0.4, -0.2) is 30.9 Å². The third-order valence-corrected chi connectivity index (χ3v) is 1.96. The molecule has 0 fully saturated rings. The Morgan fingerprint density at radius 3 is 2.29 bits per heavy atom. The Morgan fingerprint density at radius 2 is 1.79 bits per heavy atom. The van der Waals surface area contributed by atoms with E-state index in [2.05, 4.69) is 24.5 Å². The van der Waals surface area contributed by atoms with Crippen molar-refractivity contribution in [2.75, 3.05) is 19.7 Å². The van der Waals surface area contributed by atoms with E-state index in [0.717, 1.165) is 19.7 Å². The van der Waals surface area contributed by atoms with E-state index in [1.54, 1.807) is 0 Å². The molecule has 0 aliphatic rings. The first-order valence-electron chi connectivity index (χ1n) is 5.19. The Bertz CT molecular complexity index is 162. The second-order valence-corrected chi connectivity index (χ2v) is 4.16. The number of hydrogen-bond donors (Lipinski definition) is 2. The van der Waals surface area contributed by atoms with Crippen molar-refractivity contribution in [1.82, 2.24) is 10.6 Å². The number of hydrogen-bond acceptors (Lipinski definition) is 2. The van der Waals surface area contributed by atoms with Gasteiger partial charge in [0.15, 0.2) is 5.11 Å². The van der Waals surface area contributed by atoms with E-state index in [1.807, 2.05) is 13.8 Å². The predicted octanol–water partition coefficient (Wildman–Crippen LogP) is 1.53. The molecule has 0 spiro atoms. The largest absolute Gasteiger partial charge is 0.377 e. The minimum Gasteiger partial charge on any atom is -0.377 e. The molecule has 0 aromatic heterocycles. The summed E-state index contributed by atoms with van der Waals surface area (Å²) in [5.41, 5.74) is 0. The van der Waals surface area contributed by atoms with E-state index in [1.165, 1.54) is 0 Å². The lowest BCUT2D eigenvalue weighted by Crippen LogP contribution is -2.40. The summed E-state index contributed by atoms with van der Waals surface area (Å²) in [6, 6.07) is 0. The standard InChI is InChI=1S/C10H22N2OS/c1-5-13-9(4)7-12-10(14)11-6-8(2)3/h8-9H,5-7H2,1-4H3,(H2,11,12,14). The van der Waals surface area contributed by atoms with E-state index in [-0.39, 0.29) is 6.10 Å². The fourth-order valence-corrected chi connectivity index (χ4v) is 1.11. The molecule has 0 radical (unpaired) electrons. The van der Waals surface area contributed by atoms with Gasteiger partial charge in [0, 0.05) is 19.7 Å². The zero-order valence-corrected chi connectivity index (χ0v) is 10.4. The zero-order valence-electron chi connectivity index (χ0n) is 9.59. The Labute approximate surface area is 92.6 Å². The highest BCUT2D eigenvalue weighted by molar-refractivity contribution is 7.80. The van der Waals surface area contributed by atoms with Gasteiger partial charge in [-0.05, 0) is 32.0 Å². The van der Waals surface area contributed by atoms with Crippen molar-refractivity contribution in [2.45, 2.75) is 33.8 Å². The topological polar surface area (TPSA) is 33.3 Å². The summed E-state index contributed by atoms with van der Waals surface area (Å²) in [6.45, 7) is 10.7. The molecule has 0 aliphatic carbocycles. The summed E-state index contributed by atoms with van der Waals surface area (Å²) in [5.74, 6) is 0.610. The molecule has 0 heterocycles. The Hall–Kier alpha value is -0.350. The maximum atomic E-state index is 5.37. The molecule has 0 saturated carbocycles. The van der Waals surface area contributed by atoms with E-state index in [9.17, 15) is 0 Å². The number of nitrogens with one attached hydrogen (secondary N) is 2. The molecule has 0 bridgehead atoms. The van der Waals surface area contributed by atoms with Gasteiger partial charge in [0.25, 0.3) is 0 Å². The zero-order chi connectivity index (χ0) is 11.0. The first-order valence-corrected chi connectivity index (χ1v) is 5.60. The first-order chi connectivity index (χ1) is 6.56. The maximum absolute atomic E-state index is 5.37. The molecule has 84 valence electrons. The van der Waals surface area contributed by atoms with Crippen LogP contribution in [0.15, 0.2) is 0 Å².